The van der Waals surface area contributed by atoms with Gasteiger partial charge in [-0.2, -0.15) is 0 Å². The topological polar surface area (TPSA) is 57.6 Å². The third-order valence-corrected chi connectivity index (χ3v) is 3.48. The van der Waals surface area contributed by atoms with Gasteiger partial charge in [-0.1, -0.05) is 5.92 Å². The Labute approximate surface area is 120 Å². The summed E-state index contributed by atoms with van der Waals surface area (Å²) in [5, 5.41) is 9.13. The minimum atomic E-state index is -1.12. The minimum Gasteiger partial charge on any atom is -0.480 e. The van der Waals surface area contributed by atoms with Crippen LogP contribution in [0.1, 0.15) is 35.2 Å². The number of hydrogen-bond acceptors (Lipinski definition) is 2. The maximum absolute atomic E-state index is 13.6. The van der Waals surface area contributed by atoms with E-state index in [0.29, 0.717) is 19.3 Å². The number of aliphatic carboxylic acids is 1. The SMILES string of the molecule is C#Cc1c(F)cc(C(=O)N2CCCCC2C(=O)O)cc1F. The van der Waals surface area contributed by atoms with E-state index in [2.05, 4.69) is 0 Å². The van der Waals surface area contributed by atoms with Gasteiger partial charge in [0.2, 0.25) is 0 Å². The van der Waals surface area contributed by atoms with Gasteiger partial charge in [-0.25, -0.2) is 13.6 Å². The lowest BCUT2D eigenvalue weighted by Crippen LogP contribution is -2.48. The van der Waals surface area contributed by atoms with Crippen LogP contribution in [0.15, 0.2) is 12.1 Å². The summed E-state index contributed by atoms with van der Waals surface area (Å²) >= 11 is 0. The Morgan fingerprint density at radius 3 is 2.43 bits per heavy atom. The Hall–Kier alpha value is -2.42. The fourth-order valence-corrected chi connectivity index (χ4v) is 2.43. The molecule has 2 rings (SSSR count). The molecule has 110 valence electrons. The number of piperidine rings is 1. The standard InChI is InChI=1S/C15H13F2NO3/c1-2-10-11(16)7-9(8-12(10)17)14(19)18-6-4-3-5-13(18)15(20)21/h1,7-8,13H,3-6H2,(H,20,21). The van der Waals surface area contributed by atoms with Gasteiger partial charge in [0, 0.05) is 12.1 Å². The van der Waals surface area contributed by atoms with Gasteiger partial charge in [0.05, 0.1) is 5.56 Å². The number of rotatable bonds is 2. The molecule has 1 aromatic rings. The van der Waals surface area contributed by atoms with E-state index in [1.54, 1.807) is 0 Å². The summed E-state index contributed by atoms with van der Waals surface area (Å²) in [6, 6.07) is 0.715. The van der Waals surface area contributed by atoms with Crippen LogP contribution in [-0.4, -0.2) is 34.5 Å². The molecule has 1 aromatic carbocycles. The Balaban J connectivity index is 2.35. The van der Waals surface area contributed by atoms with E-state index >= 15 is 0 Å². The Kier molecular flexibility index (Phi) is 4.22. The molecule has 1 unspecified atom stereocenters. The Bertz CT molecular complexity index is 613. The summed E-state index contributed by atoms with van der Waals surface area (Å²) in [7, 11) is 0. The number of carbonyl (C=O) groups is 2. The normalized spacial score (nSPS) is 18.1. The molecule has 0 radical (unpaired) electrons. The molecule has 1 aliphatic rings. The van der Waals surface area contributed by atoms with Crippen LogP contribution >= 0.6 is 0 Å². The van der Waals surface area contributed by atoms with Crippen LogP contribution in [-0.2, 0) is 4.79 Å². The van der Waals surface area contributed by atoms with Gasteiger partial charge < -0.3 is 10.0 Å². The van der Waals surface area contributed by atoms with Crippen molar-refractivity contribution in [1.29, 1.82) is 0 Å². The zero-order valence-corrected chi connectivity index (χ0v) is 11.1. The molecule has 1 amide bonds. The molecule has 6 heteroatoms. The van der Waals surface area contributed by atoms with Crippen molar-refractivity contribution in [3.8, 4) is 12.3 Å². The predicted molar refractivity (Wildman–Crippen MR) is 70.6 cm³/mol. The van der Waals surface area contributed by atoms with Crippen LogP contribution < -0.4 is 0 Å². The van der Waals surface area contributed by atoms with Crippen LogP contribution in [0.4, 0.5) is 8.78 Å². The van der Waals surface area contributed by atoms with Gasteiger partial charge in [0.1, 0.15) is 17.7 Å². The van der Waals surface area contributed by atoms with Gasteiger partial charge >= 0.3 is 5.97 Å². The van der Waals surface area contributed by atoms with Crippen molar-refractivity contribution in [1.82, 2.24) is 4.90 Å². The third kappa shape index (κ3) is 2.87. The van der Waals surface area contributed by atoms with E-state index in [-0.39, 0.29) is 12.1 Å². The number of amides is 1. The zero-order valence-electron chi connectivity index (χ0n) is 11.1. The maximum Gasteiger partial charge on any atom is 0.326 e. The first-order valence-electron chi connectivity index (χ1n) is 6.45. The molecule has 0 aliphatic carbocycles. The lowest BCUT2D eigenvalue weighted by molar-refractivity contribution is -0.143. The second-order valence-electron chi connectivity index (χ2n) is 4.81. The van der Waals surface area contributed by atoms with Crippen LogP contribution in [0.3, 0.4) is 0 Å². The number of nitrogens with zero attached hydrogens (tertiary/aromatic N) is 1. The largest absolute Gasteiger partial charge is 0.480 e. The molecule has 1 fully saturated rings. The van der Waals surface area contributed by atoms with Crippen LogP contribution in [0, 0.1) is 24.0 Å². The van der Waals surface area contributed by atoms with Crippen molar-refractivity contribution in [2.45, 2.75) is 25.3 Å². The maximum atomic E-state index is 13.6. The fourth-order valence-electron chi connectivity index (χ4n) is 2.43. The van der Waals surface area contributed by atoms with Crippen LogP contribution in [0.2, 0.25) is 0 Å². The summed E-state index contributed by atoms with van der Waals surface area (Å²) < 4.78 is 27.2. The quantitative estimate of drug-likeness (QED) is 0.849. The second-order valence-corrected chi connectivity index (χ2v) is 4.81. The van der Waals surface area contributed by atoms with Crippen molar-refractivity contribution >= 4 is 11.9 Å². The van der Waals surface area contributed by atoms with Gasteiger partial charge in [-0.3, -0.25) is 4.79 Å². The monoisotopic (exact) mass is 293 g/mol. The molecule has 1 aliphatic heterocycles. The zero-order chi connectivity index (χ0) is 15.6. The number of terminal acetylenes is 1. The Morgan fingerprint density at radius 2 is 1.90 bits per heavy atom. The minimum absolute atomic E-state index is 0.239. The highest BCUT2D eigenvalue weighted by Crippen LogP contribution is 2.22. The molecular formula is C15H13F2NO3. The predicted octanol–water partition coefficient (Wildman–Crippen LogP) is 2.03. The first-order valence-corrected chi connectivity index (χ1v) is 6.45. The van der Waals surface area contributed by atoms with Crippen LogP contribution in [0.5, 0.6) is 0 Å². The molecule has 0 bridgehead atoms. The first kappa shape index (κ1) is 15.0. The van der Waals surface area contributed by atoms with Crippen LogP contribution in [0.25, 0.3) is 0 Å². The molecule has 1 atom stereocenters. The molecule has 1 heterocycles. The first-order chi connectivity index (χ1) is 9.95. The van der Waals surface area contributed by atoms with Gasteiger partial charge in [-0.05, 0) is 31.4 Å². The summed E-state index contributed by atoms with van der Waals surface area (Å²) in [4.78, 5) is 24.6. The fraction of sp³-hybridized carbons (Fsp3) is 0.333. The summed E-state index contributed by atoms with van der Waals surface area (Å²) in [6.45, 7) is 0.246. The molecule has 1 N–H and O–H groups in total. The molecule has 1 saturated heterocycles. The van der Waals surface area contributed by atoms with Crippen molar-refractivity contribution in [2.24, 2.45) is 0 Å². The third-order valence-electron chi connectivity index (χ3n) is 3.48. The summed E-state index contributed by atoms with van der Waals surface area (Å²) in [6.07, 6.45) is 6.66. The van der Waals surface area contributed by atoms with Crippen molar-refractivity contribution in [3.63, 3.8) is 0 Å². The van der Waals surface area contributed by atoms with E-state index in [1.807, 2.05) is 5.92 Å². The molecule has 0 aromatic heterocycles. The lowest BCUT2D eigenvalue weighted by atomic mass is 10.0. The lowest BCUT2D eigenvalue weighted by Gasteiger charge is -2.33. The second kappa shape index (κ2) is 5.92. The van der Waals surface area contributed by atoms with Crippen molar-refractivity contribution in [3.05, 3.63) is 34.9 Å². The number of halogens is 2. The van der Waals surface area contributed by atoms with E-state index in [1.165, 1.54) is 0 Å². The summed E-state index contributed by atoms with van der Waals surface area (Å²) in [5.41, 5.74) is -0.780. The van der Waals surface area contributed by atoms with Gasteiger partial charge in [0.25, 0.3) is 5.91 Å². The highest BCUT2D eigenvalue weighted by molar-refractivity contribution is 5.97. The number of benzene rings is 1. The van der Waals surface area contributed by atoms with Gasteiger partial charge in [-0.15, -0.1) is 6.42 Å². The van der Waals surface area contributed by atoms with E-state index in [0.717, 1.165) is 17.0 Å². The highest BCUT2D eigenvalue weighted by atomic mass is 19.1. The number of carboxylic acids is 1. The molecule has 4 nitrogen and oxygen atoms in total. The Morgan fingerprint density at radius 1 is 1.29 bits per heavy atom. The molecule has 0 spiro atoms. The van der Waals surface area contributed by atoms with Gasteiger partial charge in [0.15, 0.2) is 0 Å². The van der Waals surface area contributed by atoms with E-state index in [4.69, 9.17) is 11.5 Å². The van der Waals surface area contributed by atoms with Crippen molar-refractivity contribution in [2.75, 3.05) is 6.54 Å². The smallest absolute Gasteiger partial charge is 0.326 e. The molecule has 0 saturated carbocycles. The average Bonchev–Trinajstić information content (AvgIpc) is 2.46. The number of carboxylic acid groups (broad SMARTS) is 1. The molecule has 21 heavy (non-hydrogen) atoms. The van der Waals surface area contributed by atoms with E-state index < -0.39 is 35.1 Å². The summed E-state index contributed by atoms with van der Waals surface area (Å²) in [5.74, 6) is -1.98. The number of hydrogen-bond donors (Lipinski definition) is 1. The molecular weight excluding hydrogens is 280 g/mol. The van der Waals surface area contributed by atoms with E-state index in [9.17, 15) is 18.4 Å². The number of likely N-dealkylation sites (tertiary alicyclic amines) is 1. The number of carbonyl (C=O) groups excluding carboxylic acids is 1. The highest BCUT2D eigenvalue weighted by Gasteiger charge is 2.33. The average molecular weight is 293 g/mol. The van der Waals surface area contributed by atoms with Crippen molar-refractivity contribution < 1.29 is 23.5 Å².